The van der Waals surface area contributed by atoms with Gasteiger partial charge >= 0.3 is 0 Å². The number of benzene rings is 1. The average Bonchev–Trinajstić information content (AvgIpc) is 2.61. The van der Waals surface area contributed by atoms with Gasteiger partial charge < -0.3 is 4.42 Å². The van der Waals surface area contributed by atoms with Gasteiger partial charge in [0.1, 0.15) is 0 Å². The van der Waals surface area contributed by atoms with Crippen LogP contribution in [0.4, 0.5) is 0 Å². The monoisotopic (exact) mass is 186 g/mol. The fourth-order valence-corrected chi connectivity index (χ4v) is 1.53. The molecule has 0 saturated carbocycles. The van der Waals surface area contributed by atoms with E-state index in [4.69, 9.17) is 4.42 Å². The molecule has 1 aromatic heterocycles. The summed E-state index contributed by atoms with van der Waals surface area (Å²) in [4.78, 5) is 10.7. The highest BCUT2D eigenvalue weighted by Gasteiger charge is 2.11. The molecular formula is C12H10O2. The van der Waals surface area contributed by atoms with Gasteiger partial charge in [-0.05, 0) is 18.1 Å². The standard InChI is InChI=1S/C12H10O2/c1-9-8-14-11(7-13)12(9)10-5-3-2-4-6-10/h2-8H,1H3. The number of hydrogen-bond donors (Lipinski definition) is 0. The second kappa shape index (κ2) is 3.50. The molecule has 0 spiro atoms. The number of rotatable bonds is 2. The van der Waals surface area contributed by atoms with Crippen molar-refractivity contribution in [3.8, 4) is 11.1 Å². The summed E-state index contributed by atoms with van der Waals surface area (Å²) in [5.41, 5.74) is 2.89. The zero-order valence-corrected chi connectivity index (χ0v) is 7.86. The lowest BCUT2D eigenvalue weighted by Gasteiger charge is -1.99. The third-order valence-electron chi connectivity index (χ3n) is 2.17. The molecule has 2 nitrogen and oxygen atoms in total. The summed E-state index contributed by atoms with van der Waals surface area (Å²) in [6, 6.07) is 9.75. The molecule has 1 heterocycles. The van der Waals surface area contributed by atoms with Crippen molar-refractivity contribution in [2.75, 3.05) is 0 Å². The van der Waals surface area contributed by atoms with Gasteiger partial charge in [-0.15, -0.1) is 0 Å². The highest BCUT2D eigenvalue weighted by molar-refractivity contribution is 5.85. The molecule has 0 aliphatic rings. The molecule has 0 atom stereocenters. The summed E-state index contributed by atoms with van der Waals surface area (Å²) in [6.45, 7) is 1.93. The van der Waals surface area contributed by atoms with E-state index in [1.165, 1.54) is 0 Å². The first-order valence-corrected chi connectivity index (χ1v) is 4.41. The Morgan fingerprint density at radius 1 is 1.21 bits per heavy atom. The minimum Gasteiger partial charge on any atom is -0.461 e. The van der Waals surface area contributed by atoms with Crippen molar-refractivity contribution in [2.24, 2.45) is 0 Å². The fourth-order valence-electron chi connectivity index (χ4n) is 1.53. The van der Waals surface area contributed by atoms with Crippen molar-refractivity contribution in [3.63, 3.8) is 0 Å². The molecule has 0 amide bonds. The van der Waals surface area contributed by atoms with Crippen LogP contribution in [0.3, 0.4) is 0 Å². The van der Waals surface area contributed by atoms with Gasteiger partial charge in [0.15, 0.2) is 12.0 Å². The molecule has 0 radical (unpaired) electrons. The molecule has 2 aromatic rings. The maximum Gasteiger partial charge on any atom is 0.185 e. The zero-order valence-electron chi connectivity index (χ0n) is 7.86. The van der Waals surface area contributed by atoms with E-state index in [0.29, 0.717) is 5.76 Å². The third-order valence-corrected chi connectivity index (χ3v) is 2.17. The van der Waals surface area contributed by atoms with Crippen LogP contribution in [-0.2, 0) is 0 Å². The second-order valence-corrected chi connectivity index (χ2v) is 3.14. The number of hydrogen-bond acceptors (Lipinski definition) is 2. The van der Waals surface area contributed by atoms with E-state index in [1.807, 2.05) is 37.3 Å². The summed E-state index contributed by atoms with van der Waals surface area (Å²) in [5, 5.41) is 0. The van der Waals surface area contributed by atoms with Crippen LogP contribution in [0.2, 0.25) is 0 Å². The maximum absolute atomic E-state index is 10.7. The van der Waals surface area contributed by atoms with Gasteiger partial charge in [0.25, 0.3) is 0 Å². The normalized spacial score (nSPS) is 10.1. The van der Waals surface area contributed by atoms with Crippen LogP contribution in [0.25, 0.3) is 11.1 Å². The second-order valence-electron chi connectivity index (χ2n) is 3.14. The number of carbonyl (C=O) groups excluding carboxylic acids is 1. The van der Waals surface area contributed by atoms with E-state index in [-0.39, 0.29) is 0 Å². The van der Waals surface area contributed by atoms with Crippen LogP contribution in [0, 0.1) is 6.92 Å². The van der Waals surface area contributed by atoms with E-state index in [9.17, 15) is 4.79 Å². The largest absolute Gasteiger partial charge is 0.461 e. The van der Waals surface area contributed by atoms with Gasteiger partial charge in [-0.25, -0.2) is 0 Å². The van der Waals surface area contributed by atoms with Crippen LogP contribution in [0.15, 0.2) is 41.0 Å². The van der Waals surface area contributed by atoms with Gasteiger partial charge in [0, 0.05) is 5.56 Å². The van der Waals surface area contributed by atoms with Crippen LogP contribution in [0.1, 0.15) is 16.1 Å². The minimum atomic E-state index is 0.397. The Morgan fingerprint density at radius 3 is 2.57 bits per heavy atom. The van der Waals surface area contributed by atoms with Crippen molar-refractivity contribution in [2.45, 2.75) is 6.92 Å². The fraction of sp³-hybridized carbons (Fsp3) is 0.0833. The topological polar surface area (TPSA) is 30.2 Å². The first-order chi connectivity index (χ1) is 6.83. The van der Waals surface area contributed by atoms with Crippen molar-refractivity contribution < 1.29 is 9.21 Å². The predicted octanol–water partition coefficient (Wildman–Crippen LogP) is 3.07. The Kier molecular flexibility index (Phi) is 2.19. The first-order valence-electron chi connectivity index (χ1n) is 4.41. The molecule has 2 rings (SSSR count). The molecule has 0 aliphatic carbocycles. The predicted molar refractivity (Wildman–Crippen MR) is 54.3 cm³/mol. The summed E-state index contributed by atoms with van der Waals surface area (Å²) < 4.78 is 5.13. The van der Waals surface area contributed by atoms with E-state index in [2.05, 4.69) is 0 Å². The van der Waals surface area contributed by atoms with Gasteiger partial charge in [-0.2, -0.15) is 0 Å². The Balaban J connectivity index is 2.61. The average molecular weight is 186 g/mol. The van der Waals surface area contributed by atoms with Crippen LogP contribution >= 0.6 is 0 Å². The van der Waals surface area contributed by atoms with E-state index in [1.54, 1.807) is 6.26 Å². The molecule has 1 aromatic carbocycles. The van der Waals surface area contributed by atoms with Crippen molar-refractivity contribution >= 4 is 6.29 Å². The SMILES string of the molecule is Cc1coc(C=O)c1-c1ccccc1. The highest BCUT2D eigenvalue weighted by atomic mass is 16.3. The Morgan fingerprint density at radius 2 is 1.93 bits per heavy atom. The van der Waals surface area contributed by atoms with E-state index >= 15 is 0 Å². The van der Waals surface area contributed by atoms with Gasteiger partial charge in [0.05, 0.1) is 6.26 Å². The van der Waals surface area contributed by atoms with Crippen molar-refractivity contribution in [3.05, 3.63) is 47.9 Å². The molecule has 0 aliphatic heterocycles. The van der Waals surface area contributed by atoms with Crippen LogP contribution in [0.5, 0.6) is 0 Å². The lowest BCUT2D eigenvalue weighted by atomic mass is 10.0. The Labute approximate surface area is 82.2 Å². The Bertz CT molecular complexity index is 441. The van der Waals surface area contributed by atoms with E-state index < -0.39 is 0 Å². The molecule has 14 heavy (non-hydrogen) atoms. The number of aldehydes is 1. The minimum absolute atomic E-state index is 0.397. The lowest BCUT2D eigenvalue weighted by Crippen LogP contribution is -1.83. The summed E-state index contributed by atoms with van der Waals surface area (Å²) >= 11 is 0. The molecule has 0 N–H and O–H groups in total. The number of carbonyl (C=O) groups is 1. The van der Waals surface area contributed by atoms with Crippen molar-refractivity contribution in [1.29, 1.82) is 0 Å². The van der Waals surface area contributed by atoms with E-state index in [0.717, 1.165) is 23.0 Å². The first kappa shape index (κ1) is 8.75. The maximum atomic E-state index is 10.7. The van der Waals surface area contributed by atoms with Crippen LogP contribution in [-0.4, -0.2) is 6.29 Å². The third kappa shape index (κ3) is 1.35. The zero-order chi connectivity index (χ0) is 9.97. The molecule has 0 bridgehead atoms. The summed E-state index contributed by atoms with van der Waals surface area (Å²) in [7, 11) is 0. The molecule has 0 unspecified atom stereocenters. The van der Waals surface area contributed by atoms with Crippen molar-refractivity contribution in [1.82, 2.24) is 0 Å². The number of aryl methyl sites for hydroxylation is 1. The summed E-state index contributed by atoms with van der Waals surface area (Å²) in [5.74, 6) is 0.397. The highest BCUT2D eigenvalue weighted by Crippen LogP contribution is 2.27. The molecule has 0 fully saturated rings. The van der Waals surface area contributed by atoms with Gasteiger partial charge in [0.2, 0.25) is 0 Å². The molecular weight excluding hydrogens is 176 g/mol. The number of furan rings is 1. The quantitative estimate of drug-likeness (QED) is 0.674. The Hall–Kier alpha value is -1.83. The lowest BCUT2D eigenvalue weighted by molar-refractivity contribution is 0.110. The van der Waals surface area contributed by atoms with Crippen LogP contribution < -0.4 is 0 Å². The molecule has 70 valence electrons. The molecule has 0 saturated heterocycles. The van der Waals surface area contributed by atoms with Gasteiger partial charge in [-0.3, -0.25) is 4.79 Å². The van der Waals surface area contributed by atoms with Gasteiger partial charge in [-0.1, -0.05) is 30.3 Å². The summed E-state index contributed by atoms with van der Waals surface area (Å²) in [6.07, 6.45) is 2.35. The molecule has 2 heteroatoms. The smallest absolute Gasteiger partial charge is 0.185 e.